The van der Waals surface area contributed by atoms with Crippen LogP contribution in [0.4, 0.5) is 5.69 Å². The Bertz CT molecular complexity index is 415. The fraction of sp³-hybridized carbons (Fsp3) is 0.600. The van der Waals surface area contributed by atoms with Crippen LogP contribution < -0.4 is 9.64 Å². The number of nitrogens with zero attached hydrogens (tertiary/aromatic N) is 1. The molecule has 1 N–H and O–H groups in total. The SMILES string of the molecule is COc1cccc2c1C(CC(C)O)CN2C(C)C. The molecular weight excluding hydrogens is 226 g/mol. The molecule has 2 unspecified atom stereocenters. The van der Waals surface area contributed by atoms with Crippen LogP contribution in [0.15, 0.2) is 18.2 Å². The van der Waals surface area contributed by atoms with Crippen molar-refractivity contribution in [1.82, 2.24) is 0 Å². The average molecular weight is 249 g/mol. The van der Waals surface area contributed by atoms with Crippen LogP contribution in [0.5, 0.6) is 5.75 Å². The van der Waals surface area contributed by atoms with Gasteiger partial charge in [-0.3, -0.25) is 0 Å². The van der Waals surface area contributed by atoms with Crippen molar-refractivity contribution in [3.63, 3.8) is 0 Å². The van der Waals surface area contributed by atoms with Crippen molar-refractivity contribution < 1.29 is 9.84 Å². The Morgan fingerprint density at radius 1 is 1.39 bits per heavy atom. The van der Waals surface area contributed by atoms with E-state index >= 15 is 0 Å². The van der Waals surface area contributed by atoms with E-state index in [0.717, 1.165) is 18.7 Å². The predicted octanol–water partition coefficient (Wildman–Crippen LogP) is 2.78. The Balaban J connectivity index is 2.41. The van der Waals surface area contributed by atoms with Gasteiger partial charge < -0.3 is 14.7 Å². The largest absolute Gasteiger partial charge is 0.496 e. The molecule has 1 aromatic rings. The number of aliphatic hydroxyl groups is 1. The number of hydrogen-bond donors (Lipinski definition) is 1. The van der Waals surface area contributed by atoms with Gasteiger partial charge in [-0.05, 0) is 39.3 Å². The lowest BCUT2D eigenvalue weighted by molar-refractivity contribution is 0.175. The first-order valence-corrected chi connectivity index (χ1v) is 6.66. The molecule has 3 nitrogen and oxygen atoms in total. The van der Waals surface area contributed by atoms with Gasteiger partial charge in [0.15, 0.2) is 0 Å². The molecule has 0 spiro atoms. The molecule has 1 aliphatic rings. The minimum atomic E-state index is -0.278. The van der Waals surface area contributed by atoms with Gasteiger partial charge in [-0.15, -0.1) is 0 Å². The molecule has 2 rings (SSSR count). The van der Waals surface area contributed by atoms with Crippen molar-refractivity contribution in [3.05, 3.63) is 23.8 Å². The normalized spacial score (nSPS) is 20.1. The summed E-state index contributed by atoms with van der Waals surface area (Å²) in [5, 5.41) is 9.67. The Morgan fingerprint density at radius 3 is 2.67 bits per heavy atom. The minimum absolute atomic E-state index is 0.278. The van der Waals surface area contributed by atoms with Gasteiger partial charge in [0.1, 0.15) is 5.75 Å². The van der Waals surface area contributed by atoms with Gasteiger partial charge >= 0.3 is 0 Å². The quantitative estimate of drug-likeness (QED) is 0.890. The van der Waals surface area contributed by atoms with Gasteiger partial charge in [-0.25, -0.2) is 0 Å². The number of rotatable bonds is 4. The molecule has 0 aromatic heterocycles. The molecule has 1 aromatic carbocycles. The number of aliphatic hydroxyl groups excluding tert-OH is 1. The molecule has 0 aliphatic carbocycles. The Kier molecular flexibility index (Phi) is 3.81. The lowest BCUT2D eigenvalue weighted by Crippen LogP contribution is -2.29. The van der Waals surface area contributed by atoms with Crippen molar-refractivity contribution in [1.29, 1.82) is 0 Å². The zero-order valence-corrected chi connectivity index (χ0v) is 11.7. The van der Waals surface area contributed by atoms with Crippen molar-refractivity contribution >= 4 is 5.69 Å². The number of fused-ring (bicyclic) bond motifs is 1. The van der Waals surface area contributed by atoms with Crippen LogP contribution in [-0.4, -0.2) is 30.9 Å². The first kappa shape index (κ1) is 13.2. The molecule has 3 heteroatoms. The summed E-state index contributed by atoms with van der Waals surface area (Å²) in [6, 6.07) is 6.67. The lowest BCUT2D eigenvalue weighted by Gasteiger charge is -2.24. The molecule has 18 heavy (non-hydrogen) atoms. The third-order valence-corrected chi connectivity index (χ3v) is 3.65. The maximum absolute atomic E-state index is 9.67. The topological polar surface area (TPSA) is 32.7 Å². The van der Waals surface area contributed by atoms with E-state index in [-0.39, 0.29) is 6.10 Å². The molecule has 0 fully saturated rings. The van der Waals surface area contributed by atoms with Gasteiger partial charge in [0.2, 0.25) is 0 Å². The van der Waals surface area contributed by atoms with Crippen LogP contribution in [0.1, 0.15) is 38.7 Å². The zero-order valence-electron chi connectivity index (χ0n) is 11.7. The predicted molar refractivity (Wildman–Crippen MR) is 74.5 cm³/mol. The fourth-order valence-electron chi connectivity index (χ4n) is 2.89. The first-order valence-electron chi connectivity index (χ1n) is 6.66. The Hall–Kier alpha value is -1.22. The van der Waals surface area contributed by atoms with E-state index in [1.165, 1.54) is 11.3 Å². The summed E-state index contributed by atoms with van der Waals surface area (Å²) < 4.78 is 5.49. The number of methoxy groups -OCH3 is 1. The van der Waals surface area contributed by atoms with E-state index in [1.807, 2.05) is 19.1 Å². The van der Waals surface area contributed by atoms with E-state index in [0.29, 0.717) is 12.0 Å². The molecule has 1 aliphatic heterocycles. The summed E-state index contributed by atoms with van der Waals surface area (Å²) in [4.78, 5) is 2.39. The van der Waals surface area contributed by atoms with Crippen LogP contribution in [0.3, 0.4) is 0 Å². The Labute approximate surface area is 109 Å². The van der Waals surface area contributed by atoms with E-state index in [1.54, 1.807) is 7.11 Å². The molecule has 1 heterocycles. The van der Waals surface area contributed by atoms with Crippen molar-refractivity contribution in [3.8, 4) is 5.75 Å². The van der Waals surface area contributed by atoms with E-state index in [9.17, 15) is 5.11 Å². The molecule has 0 radical (unpaired) electrons. The van der Waals surface area contributed by atoms with E-state index in [4.69, 9.17) is 4.74 Å². The van der Waals surface area contributed by atoms with Crippen LogP contribution in [0.25, 0.3) is 0 Å². The summed E-state index contributed by atoms with van der Waals surface area (Å²) in [6.07, 6.45) is 0.510. The second kappa shape index (κ2) is 5.19. The second-order valence-electron chi connectivity index (χ2n) is 5.42. The van der Waals surface area contributed by atoms with Gasteiger partial charge in [0.05, 0.1) is 13.2 Å². The number of hydrogen-bond acceptors (Lipinski definition) is 3. The third kappa shape index (κ3) is 2.32. The zero-order chi connectivity index (χ0) is 13.3. The summed E-state index contributed by atoms with van der Waals surface area (Å²) in [5.41, 5.74) is 2.52. The lowest BCUT2D eigenvalue weighted by atomic mass is 9.95. The molecular formula is C15H23NO2. The average Bonchev–Trinajstić information content (AvgIpc) is 2.67. The third-order valence-electron chi connectivity index (χ3n) is 3.65. The number of ether oxygens (including phenoxy) is 1. The number of anilines is 1. The highest BCUT2D eigenvalue weighted by Gasteiger charge is 2.33. The van der Waals surface area contributed by atoms with Crippen molar-refractivity contribution in [2.75, 3.05) is 18.6 Å². The fourth-order valence-corrected chi connectivity index (χ4v) is 2.89. The molecule has 0 saturated heterocycles. The number of benzene rings is 1. The molecule has 0 bridgehead atoms. The van der Waals surface area contributed by atoms with Gasteiger partial charge in [-0.2, -0.15) is 0 Å². The molecule has 0 amide bonds. The van der Waals surface area contributed by atoms with Crippen molar-refractivity contribution in [2.45, 2.75) is 45.3 Å². The summed E-state index contributed by atoms with van der Waals surface area (Å²) in [6.45, 7) is 7.23. The second-order valence-corrected chi connectivity index (χ2v) is 5.42. The summed E-state index contributed by atoms with van der Waals surface area (Å²) in [7, 11) is 1.72. The first-order chi connectivity index (χ1) is 8.54. The van der Waals surface area contributed by atoms with E-state index in [2.05, 4.69) is 24.8 Å². The van der Waals surface area contributed by atoms with Crippen LogP contribution in [0.2, 0.25) is 0 Å². The maximum Gasteiger partial charge on any atom is 0.124 e. The highest BCUT2D eigenvalue weighted by molar-refractivity contribution is 5.65. The monoisotopic (exact) mass is 249 g/mol. The van der Waals surface area contributed by atoms with Crippen molar-refractivity contribution in [2.24, 2.45) is 0 Å². The van der Waals surface area contributed by atoms with Gasteiger partial charge in [-0.1, -0.05) is 6.07 Å². The Morgan fingerprint density at radius 2 is 2.11 bits per heavy atom. The smallest absolute Gasteiger partial charge is 0.124 e. The van der Waals surface area contributed by atoms with Crippen LogP contribution >= 0.6 is 0 Å². The molecule has 2 atom stereocenters. The highest BCUT2D eigenvalue weighted by Crippen LogP contribution is 2.44. The standard InChI is InChI=1S/C15H23NO2/c1-10(2)16-9-12(8-11(3)17)15-13(16)6-5-7-14(15)18-4/h5-7,10-12,17H,8-9H2,1-4H3. The molecule has 100 valence electrons. The minimum Gasteiger partial charge on any atom is -0.496 e. The van der Waals surface area contributed by atoms with Gasteiger partial charge in [0.25, 0.3) is 0 Å². The van der Waals surface area contributed by atoms with E-state index < -0.39 is 0 Å². The maximum atomic E-state index is 9.67. The van der Waals surface area contributed by atoms with Crippen LogP contribution in [0, 0.1) is 0 Å². The molecule has 0 saturated carbocycles. The van der Waals surface area contributed by atoms with Gasteiger partial charge in [0, 0.05) is 29.8 Å². The van der Waals surface area contributed by atoms with Crippen LogP contribution in [-0.2, 0) is 0 Å². The highest BCUT2D eigenvalue weighted by atomic mass is 16.5. The summed E-state index contributed by atoms with van der Waals surface area (Å²) in [5.74, 6) is 1.31. The summed E-state index contributed by atoms with van der Waals surface area (Å²) >= 11 is 0.